The van der Waals surface area contributed by atoms with Gasteiger partial charge in [0.1, 0.15) is 12.3 Å². The highest BCUT2D eigenvalue weighted by atomic mass is 32.2. The quantitative estimate of drug-likeness (QED) is 0.461. The lowest BCUT2D eigenvalue weighted by Gasteiger charge is -2.22. The fraction of sp³-hybridized carbons (Fsp3) is 0.467. The molecule has 0 spiro atoms. The second kappa shape index (κ2) is 9.32. The minimum atomic E-state index is -3.53. The number of aldehydes is 1. The normalized spacial score (nSPS) is 15.0. The highest BCUT2D eigenvalue weighted by Crippen LogP contribution is 2.08. The van der Waals surface area contributed by atoms with Crippen molar-refractivity contribution in [2.24, 2.45) is 5.92 Å². The van der Waals surface area contributed by atoms with Crippen LogP contribution in [0.1, 0.15) is 20.3 Å². The molecule has 0 rings (SSSR count). The van der Waals surface area contributed by atoms with Crippen LogP contribution in [0.25, 0.3) is 0 Å². The van der Waals surface area contributed by atoms with Crippen molar-refractivity contribution in [3.63, 3.8) is 0 Å². The monoisotopic (exact) mass is 328 g/mol. The molecule has 0 saturated heterocycles. The van der Waals surface area contributed by atoms with Crippen molar-refractivity contribution in [2.75, 3.05) is 6.26 Å². The first-order valence-electron chi connectivity index (χ1n) is 6.81. The molecule has 0 fully saturated rings. The molecule has 0 saturated carbocycles. The standard InChI is InChI=1S/C15H24N2O4S/c1-6-8-12(7-2)9-13(10-18)16-15(19)14(11(3)4)17-22(5,20)21/h6-8,10-11,13-14,17H,1-2,9H2,3-5H3,(H,16,19)/b12-8+/t13?,14-/m0/s1. The van der Waals surface area contributed by atoms with Gasteiger partial charge in [0, 0.05) is 0 Å². The lowest BCUT2D eigenvalue weighted by Crippen LogP contribution is -2.52. The summed E-state index contributed by atoms with van der Waals surface area (Å²) in [6.45, 7) is 10.6. The Kier molecular flexibility index (Phi) is 8.59. The van der Waals surface area contributed by atoms with Gasteiger partial charge in [-0.25, -0.2) is 13.1 Å². The first-order chi connectivity index (χ1) is 10.1. The Labute approximate surface area is 132 Å². The van der Waals surface area contributed by atoms with Crippen LogP contribution in [-0.2, 0) is 19.6 Å². The molecule has 2 N–H and O–H groups in total. The summed E-state index contributed by atoms with van der Waals surface area (Å²) in [6, 6.07) is -1.70. The summed E-state index contributed by atoms with van der Waals surface area (Å²) < 4.78 is 24.9. The molecule has 6 nitrogen and oxygen atoms in total. The maximum atomic E-state index is 12.2. The molecule has 7 heteroatoms. The second-order valence-corrected chi connectivity index (χ2v) is 7.03. The van der Waals surface area contributed by atoms with E-state index in [-0.39, 0.29) is 12.3 Å². The number of carbonyl (C=O) groups excluding carboxylic acids is 2. The van der Waals surface area contributed by atoms with Gasteiger partial charge >= 0.3 is 0 Å². The highest BCUT2D eigenvalue weighted by molar-refractivity contribution is 7.88. The van der Waals surface area contributed by atoms with E-state index in [1.165, 1.54) is 0 Å². The molecular weight excluding hydrogens is 304 g/mol. The molecule has 0 aromatic heterocycles. The predicted octanol–water partition coefficient (Wildman–Crippen LogP) is 0.932. The number of hydrogen-bond donors (Lipinski definition) is 2. The van der Waals surface area contributed by atoms with Gasteiger partial charge in [0.15, 0.2) is 0 Å². The van der Waals surface area contributed by atoms with Crippen LogP contribution < -0.4 is 10.0 Å². The van der Waals surface area contributed by atoms with Gasteiger partial charge in [-0.1, -0.05) is 45.2 Å². The Morgan fingerprint density at radius 1 is 1.27 bits per heavy atom. The summed E-state index contributed by atoms with van der Waals surface area (Å²) in [4.78, 5) is 23.3. The third kappa shape index (κ3) is 7.90. The van der Waals surface area contributed by atoms with Crippen molar-refractivity contribution in [1.29, 1.82) is 0 Å². The minimum absolute atomic E-state index is 0.258. The van der Waals surface area contributed by atoms with E-state index in [0.717, 1.165) is 11.8 Å². The van der Waals surface area contributed by atoms with E-state index in [4.69, 9.17) is 0 Å². The Bertz CT molecular complexity index is 550. The molecule has 22 heavy (non-hydrogen) atoms. The Morgan fingerprint density at radius 3 is 2.23 bits per heavy atom. The van der Waals surface area contributed by atoms with Gasteiger partial charge in [-0.2, -0.15) is 0 Å². The van der Waals surface area contributed by atoms with Gasteiger partial charge in [-0.15, -0.1) is 0 Å². The topological polar surface area (TPSA) is 92.3 Å². The molecule has 0 radical (unpaired) electrons. The number of rotatable bonds is 10. The Morgan fingerprint density at radius 2 is 1.86 bits per heavy atom. The minimum Gasteiger partial charge on any atom is -0.345 e. The highest BCUT2D eigenvalue weighted by Gasteiger charge is 2.27. The fourth-order valence-corrected chi connectivity index (χ4v) is 2.59. The van der Waals surface area contributed by atoms with Crippen LogP contribution in [0.2, 0.25) is 0 Å². The molecule has 2 atom stereocenters. The fourth-order valence-electron chi connectivity index (χ4n) is 1.75. The second-order valence-electron chi connectivity index (χ2n) is 5.25. The summed E-state index contributed by atoms with van der Waals surface area (Å²) in [7, 11) is -3.53. The molecule has 0 aliphatic rings. The van der Waals surface area contributed by atoms with E-state index in [1.807, 2.05) is 0 Å². The van der Waals surface area contributed by atoms with Gasteiger partial charge in [-0.3, -0.25) is 4.79 Å². The summed E-state index contributed by atoms with van der Waals surface area (Å²) in [5.41, 5.74) is 0.740. The summed E-state index contributed by atoms with van der Waals surface area (Å²) >= 11 is 0. The van der Waals surface area contributed by atoms with E-state index >= 15 is 0 Å². The maximum Gasteiger partial charge on any atom is 0.239 e. The zero-order valence-electron chi connectivity index (χ0n) is 13.2. The van der Waals surface area contributed by atoms with Crippen LogP contribution >= 0.6 is 0 Å². The first-order valence-corrected chi connectivity index (χ1v) is 8.70. The molecule has 1 amide bonds. The molecule has 0 heterocycles. The molecule has 0 aromatic carbocycles. The van der Waals surface area contributed by atoms with Gasteiger partial charge in [0.2, 0.25) is 15.9 Å². The molecule has 0 bridgehead atoms. The van der Waals surface area contributed by atoms with Crippen LogP contribution in [0.3, 0.4) is 0 Å². The van der Waals surface area contributed by atoms with Gasteiger partial charge in [-0.05, 0) is 17.9 Å². The largest absolute Gasteiger partial charge is 0.345 e. The van der Waals surface area contributed by atoms with Crippen LogP contribution in [0, 0.1) is 5.92 Å². The van der Waals surface area contributed by atoms with Crippen molar-refractivity contribution in [1.82, 2.24) is 10.0 Å². The summed E-state index contributed by atoms with van der Waals surface area (Å²) in [6.07, 6.45) is 6.66. The van der Waals surface area contributed by atoms with Crippen molar-refractivity contribution in [2.45, 2.75) is 32.4 Å². The Hall–Kier alpha value is -1.73. The first kappa shape index (κ1) is 20.3. The van der Waals surface area contributed by atoms with E-state index in [2.05, 4.69) is 23.2 Å². The molecule has 0 aromatic rings. The number of carbonyl (C=O) groups is 2. The zero-order chi connectivity index (χ0) is 17.3. The van der Waals surface area contributed by atoms with E-state index in [0.29, 0.717) is 6.29 Å². The molecular formula is C15H24N2O4S. The molecule has 0 aliphatic carbocycles. The van der Waals surface area contributed by atoms with Crippen LogP contribution in [0.4, 0.5) is 0 Å². The predicted molar refractivity (Wildman–Crippen MR) is 87.7 cm³/mol. The number of hydrogen-bond acceptors (Lipinski definition) is 4. The third-order valence-electron chi connectivity index (χ3n) is 2.83. The number of amides is 1. The van der Waals surface area contributed by atoms with Crippen LogP contribution in [0.15, 0.2) is 37.0 Å². The van der Waals surface area contributed by atoms with E-state index < -0.39 is 28.0 Å². The summed E-state index contributed by atoms with van der Waals surface area (Å²) in [5, 5.41) is 2.54. The lowest BCUT2D eigenvalue weighted by molar-refractivity contribution is -0.126. The average Bonchev–Trinajstić information content (AvgIpc) is 2.41. The van der Waals surface area contributed by atoms with Crippen molar-refractivity contribution in [3.05, 3.63) is 37.0 Å². The van der Waals surface area contributed by atoms with Gasteiger partial charge in [0.05, 0.1) is 12.3 Å². The Balaban J connectivity index is 5.02. The lowest BCUT2D eigenvalue weighted by atomic mass is 10.0. The SMILES string of the molecule is C=C/C=C(\C=C)CC(C=O)NC(=O)[C@@H](NS(C)(=O)=O)C(C)C. The van der Waals surface area contributed by atoms with Gasteiger partial charge < -0.3 is 10.1 Å². The maximum absolute atomic E-state index is 12.2. The van der Waals surface area contributed by atoms with Crippen LogP contribution in [-0.4, -0.2) is 39.0 Å². The number of nitrogens with one attached hydrogen (secondary N) is 2. The average molecular weight is 328 g/mol. The van der Waals surface area contributed by atoms with Crippen molar-refractivity contribution in [3.8, 4) is 0 Å². The smallest absolute Gasteiger partial charge is 0.239 e. The van der Waals surface area contributed by atoms with Crippen molar-refractivity contribution < 1.29 is 18.0 Å². The zero-order valence-corrected chi connectivity index (χ0v) is 14.0. The number of sulfonamides is 1. The molecule has 0 aliphatic heterocycles. The van der Waals surface area contributed by atoms with Crippen LogP contribution in [0.5, 0.6) is 0 Å². The number of allylic oxidation sites excluding steroid dienone is 3. The van der Waals surface area contributed by atoms with Gasteiger partial charge in [0.25, 0.3) is 0 Å². The third-order valence-corrected chi connectivity index (χ3v) is 3.51. The summed E-state index contributed by atoms with van der Waals surface area (Å²) in [5.74, 6) is -0.802. The molecule has 1 unspecified atom stereocenters. The van der Waals surface area contributed by atoms with E-state index in [1.54, 1.807) is 32.1 Å². The van der Waals surface area contributed by atoms with E-state index in [9.17, 15) is 18.0 Å². The molecule has 124 valence electrons. The van der Waals surface area contributed by atoms with Crippen molar-refractivity contribution >= 4 is 22.2 Å².